The highest BCUT2D eigenvalue weighted by Gasteiger charge is 2.23. The number of ether oxygens (including phenoxy) is 1. The van der Waals surface area contributed by atoms with Crippen LogP contribution in [0.2, 0.25) is 0 Å². The summed E-state index contributed by atoms with van der Waals surface area (Å²) >= 11 is 0. The molecular weight excluding hydrogens is 198 g/mol. The quantitative estimate of drug-likeness (QED) is 0.757. The van der Waals surface area contributed by atoms with Gasteiger partial charge in [0.2, 0.25) is 0 Å². The number of hydrogen-bond donors (Lipinski definition) is 0. The van der Waals surface area contributed by atoms with Crippen LogP contribution in [-0.2, 0) is 0 Å². The van der Waals surface area contributed by atoms with Gasteiger partial charge in [0.25, 0.3) is 0 Å². The van der Waals surface area contributed by atoms with Gasteiger partial charge in [-0.05, 0) is 30.4 Å². The van der Waals surface area contributed by atoms with E-state index in [9.17, 15) is 0 Å². The largest absolute Gasteiger partial charge is 0.495 e. The third-order valence-electron chi connectivity index (χ3n) is 3.29. The van der Waals surface area contributed by atoms with Crippen LogP contribution in [-0.4, -0.2) is 20.2 Å². The minimum absolute atomic E-state index is 0.772. The molecule has 0 unspecified atom stereocenters. The van der Waals surface area contributed by atoms with Crippen LogP contribution in [0.1, 0.15) is 20.3 Å². The maximum atomic E-state index is 5.43. The molecule has 88 valence electrons. The molecule has 0 spiro atoms. The van der Waals surface area contributed by atoms with E-state index in [0.717, 1.165) is 30.7 Å². The van der Waals surface area contributed by atoms with Crippen LogP contribution < -0.4 is 9.64 Å². The first kappa shape index (κ1) is 11.3. The van der Waals surface area contributed by atoms with Crippen molar-refractivity contribution in [3.05, 3.63) is 24.3 Å². The van der Waals surface area contributed by atoms with E-state index in [4.69, 9.17) is 4.74 Å². The number of rotatable bonds is 2. The van der Waals surface area contributed by atoms with Gasteiger partial charge in [-0.15, -0.1) is 0 Å². The van der Waals surface area contributed by atoms with Gasteiger partial charge in [-0.25, -0.2) is 0 Å². The summed E-state index contributed by atoms with van der Waals surface area (Å²) in [6.45, 7) is 6.95. The molecule has 0 bridgehead atoms. The zero-order chi connectivity index (χ0) is 11.5. The minimum atomic E-state index is 0.772. The molecule has 0 aliphatic carbocycles. The van der Waals surface area contributed by atoms with Gasteiger partial charge < -0.3 is 9.64 Å². The summed E-state index contributed by atoms with van der Waals surface area (Å²) in [5.41, 5.74) is 1.24. The van der Waals surface area contributed by atoms with E-state index in [1.807, 2.05) is 12.1 Å². The molecule has 2 heteroatoms. The first-order valence-electron chi connectivity index (χ1n) is 6.08. The number of hydrogen-bond acceptors (Lipinski definition) is 2. The van der Waals surface area contributed by atoms with E-state index >= 15 is 0 Å². The molecule has 0 aromatic heterocycles. The van der Waals surface area contributed by atoms with Gasteiger partial charge in [-0.3, -0.25) is 0 Å². The lowest BCUT2D eigenvalue weighted by molar-refractivity contribution is 0.351. The van der Waals surface area contributed by atoms with E-state index < -0.39 is 0 Å². The molecule has 2 rings (SSSR count). The smallest absolute Gasteiger partial charge is 0.142 e. The van der Waals surface area contributed by atoms with Crippen molar-refractivity contribution in [2.24, 2.45) is 11.8 Å². The standard InChI is InChI=1S/C14H21NO/c1-11-8-12(2)10-15(9-11)13-6-4-5-7-14(13)16-3/h4-7,11-12H,8-10H2,1-3H3/t11-,12+. The Morgan fingerprint density at radius 1 is 1.12 bits per heavy atom. The second kappa shape index (κ2) is 4.77. The molecule has 1 heterocycles. The molecule has 2 atom stereocenters. The van der Waals surface area contributed by atoms with Crippen molar-refractivity contribution >= 4 is 5.69 Å². The lowest BCUT2D eigenvalue weighted by atomic mass is 9.91. The van der Waals surface area contributed by atoms with Gasteiger partial charge in [0.15, 0.2) is 0 Å². The highest BCUT2D eigenvalue weighted by Crippen LogP contribution is 2.32. The normalized spacial score (nSPS) is 25.6. The first-order valence-corrected chi connectivity index (χ1v) is 6.08. The van der Waals surface area contributed by atoms with Crippen molar-refractivity contribution < 1.29 is 4.74 Å². The summed E-state index contributed by atoms with van der Waals surface area (Å²) < 4.78 is 5.43. The molecule has 0 saturated carbocycles. The van der Waals surface area contributed by atoms with Crippen LogP contribution in [0.5, 0.6) is 5.75 Å². The number of benzene rings is 1. The van der Waals surface area contributed by atoms with Crippen LogP contribution in [0.15, 0.2) is 24.3 Å². The summed E-state index contributed by atoms with van der Waals surface area (Å²) in [6.07, 6.45) is 1.34. The molecule has 1 aromatic rings. The average molecular weight is 219 g/mol. The van der Waals surface area contributed by atoms with E-state index in [2.05, 4.69) is 30.9 Å². The van der Waals surface area contributed by atoms with Crippen molar-refractivity contribution in [3.8, 4) is 5.75 Å². The molecule has 1 fully saturated rings. The van der Waals surface area contributed by atoms with Crippen molar-refractivity contribution in [1.82, 2.24) is 0 Å². The predicted octanol–water partition coefficient (Wildman–Crippen LogP) is 3.18. The fraction of sp³-hybridized carbons (Fsp3) is 0.571. The fourth-order valence-corrected chi connectivity index (χ4v) is 2.75. The van der Waals surface area contributed by atoms with Crippen molar-refractivity contribution in [3.63, 3.8) is 0 Å². The van der Waals surface area contributed by atoms with Gasteiger partial charge in [0.1, 0.15) is 5.75 Å². The molecule has 0 N–H and O–H groups in total. The second-order valence-electron chi connectivity index (χ2n) is 5.02. The Balaban J connectivity index is 2.22. The van der Waals surface area contributed by atoms with Crippen LogP contribution in [0.25, 0.3) is 0 Å². The molecule has 2 nitrogen and oxygen atoms in total. The summed E-state index contributed by atoms with van der Waals surface area (Å²) in [7, 11) is 1.75. The van der Waals surface area contributed by atoms with Crippen molar-refractivity contribution in [2.45, 2.75) is 20.3 Å². The van der Waals surface area contributed by atoms with Crippen LogP contribution in [0.4, 0.5) is 5.69 Å². The zero-order valence-electron chi connectivity index (χ0n) is 10.4. The molecule has 0 radical (unpaired) electrons. The van der Waals surface area contributed by atoms with Gasteiger partial charge in [0, 0.05) is 13.1 Å². The molecule has 1 aliphatic rings. The monoisotopic (exact) mass is 219 g/mol. The Kier molecular flexibility index (Phi) is 3.37. The summed E-state index contributed by atoms with van der Waals surface area (Å²) in [4.78, 5) is 2.46. The third-order valence-corrected chi connectivity index (χ3v) is 3.29. The van der Waals surface area contributed by atoms with E-state index in [0.29, 0.717) is 0 Å². The molecular formula is C14H21NO. The highest BCUT2D eigenvalue weighted by molar-refractivity contribution is 5.58. The van der Waals surface area contributed by atoms with E-state index in [-0.39, 0.29) is 0 Å². The van der Waals surface area contributed by atoms with Crippen molar-refractivity contribution in [2.75, 3.05) is 25.1 Å². The number of para-hydroxylation sites is 2. The van der Waals surface area contributed by atoms with Gasteiger partial charge in [-0.1, -0.05) is 26.0 Å². The fourth-order valence-electron chi connectivity index (χ4n) is 2.75. The summed E-state index contributed by atoms with van der Waals surface area (Å²) in [5, 5.41) is 0. The second-order valence-corrected chi connectivity index (χ2v) is 5.02. The predicted molar refractivity (Wildman–Crippen MR) is 68.2 cm³/mol. The Hall–Kier alpha value is -1.18. The number of anilines is 1. The number of nitrogens with zero attached hydrogens (tertiary/aromatic N) is 1. The Bertz CT molecular complexity index is 340. The minimum Gasteiger partial charge on any atom is -0.495 e. The average Bonchev–Trinajstić information content (AvgIpc) is 2.27. The Morgan fingerprint density at radius 2 is 1.75 bits per heavy atom. The first-order chi connectivity index (χ1) is 7.70. The summed E-state index contributed by atoms with van der Waals surface area (Å²) in [5.74, 6) is 2.53. The molecule has 0 amide bonds. The molecule has 1 aromatic carbocycles. The van der Waals surface area contributed by atoms with E-state index in [1.165, 1.54) is 12.1 Å². The SMILES string of the molecule is COc1ccccc1N1C[C@H](C)C[C@H](C)C1. The van der Waals surface area contributed by atoms with Crippen molar-refractivity contribution in [1.29, 1.82) is 0 Å². The molecule has 1 aliphatic heterocycles. The van der Waals surface area contributed by atoms with Gasteiger partial charge in [0.05, 0.1) is 12.8 Å². The maximum Gasteiger partial charge on any atom is 0.142 e. The van der Waals surface area contributed by atoms with E-state index in [1.54, 1.807) is 7.11 Å². The highest BCUT2D eigenvalue weighted by atomic mass is 16.5. The molecule has 1 saturated heterocycles. The van der Waals surface area contributed by atoms with Crippen LogP contribution in [0.3, 0.4) is 0 Å². The van der Waals surface area contributed by atoms with Crippen LogP contribution >= 0.6 is 0 Å². The summed E-state index contributed by atoms with van der Waals surface area (Å²) in [6, 6.07) is 8.31. The maximum absolute atomic E-state index is 5.43. The van der Waals surface area contributed by atoms with Gasteiger partial charge >= 0.3 is 0 Å². The number of piperidine rings is 1. The van der Waals surface area contributed by atoms with Gasteiger partial charge in [-0.2, -0.15) is 0 Å². The van der Waals surface area contributed by atoms with Crippen LogP contribution in [0, 0.1) is 11.8 Å². The lowest BCUT2D eigenvalue weighted by Gasteiger charge is -2.37. The Morgan fingerprint density at radius 3 is 2.38 bits per heavy atom. The lowest BCUT2D eigenvalue weighted by Crippen LogP contribution is -2.38. The zero-order valence-corrected chi connectivity index (χ0v) is 10.4. The third kappa shape index (κ3) is 2.31. The molecule has 16 heavy (non-hydrogen) atoms. The Labute approximate surface area is 98.2 Å². The number of methoxy groups -OCH3 is 1. The topological polar surface area (TPSA) is 12.5 Å².